The third-order valence-corrected chi connectivity index (χ3v) is 8.81. The SMILES string of the molecule is COc1ccc(C[C@H](NC(=O)C2CCN([C@@H]3CCS(=O)(=O)C3)CC2)c2ccc(OC)cc2)cc1. The lowest BCUT2D eigenvalue weighted by atomic mass is 9.92. The van der Waals surface area contributed by atoms with E-state index in [4.69, 9.17) is 9.47 Å². The van der Waals surface area contributed by atoms with Crippen molar-refractivity contribution in [1.82, 2.24) is 10.2 Å². The summed E-state index contributed by atoms with van der Waals surface area (Å²) in [6.45, 7) is 1.54. The van der Waals surface area contributed by atoms with E-state index in [1.54, 1.807) is 14.2 Å². The molecule has 0 aromatic heterocycles. The Hall–Kier alpha value is -2.58. The summed E-state index contributed by atoms with van der Waals surface area (Å²) in [5.41, 5.74) is 2.14. The Labute approximate surface area is 202 Å². The van der Waals surface area contributed by atoms with E-state index in [0.29, 0.717) is 12.8 Å². The topological polar surface area (TPSA) is 84.9 Å². The molecular weight excluding hydrogens is 452 g/mol. The van der Waals surface area contributed by atoms with E-state index in [9.17, 15) is 13.2 Å². The Balaban J connectivity index is 1.41. The predicted molar refractivity (Wildman–Crippen MR) is 132 cm³/mol. The molecule has 2 saturated heterocycles. The van der Waals surface area contributed by atoms with Crippen LogP contribution in [0.5, 0.6) is 11.5 Å². The van der Waals surface area contributed by atoms with E-state index < -0.39 is 9.84 Å². The van der Waals surface area contributed by atoms with E-state index >= 15 is 0 Å². The van der Waals surface area contributed by atoms with Crippen molar-refractivity contribution in [2.24, 2.45) is 5.92 Å². The monoisotopic (exact) mass is 486 g/mol. The van der Waals surface area contributed by atoms with Gasteiger partial charge >= 0.3 is 0 Å². The minimum absolute atomic E-state index is 0.0630. The number of piperidine rings is 1. The first-order valence-corrected chi connectivity index (χ1v) is 13.7. The number of nitrogens with zero attached hydrogens (tertiary/aromatic N) is 1. The molecule has 8 heteroatoms. The van der Waals surface area contributed by atoms with Crippen LogP contribution in [-0.4, -0.2) is 64.1 Å². The van der Waals surface area contributed by atoms with Gasteiger partial charge in [0, 0.05) is 12.0 Å². The molecule has 2 heterocycles. The highest BCUT2D eigenvalue weighted by atomic mass is 32.2. The van der Waals surface area contributed by atoms with Crippen LogP contribution in [0.2, 0.25) is 0 Å². The second-order valence-corrected chi connectivity index (χ2v) is 11.5. The van der Waals surface area contributed by atoms with E-state index in [2.05, 4.69) is 10.2 Å². The highest BCUT2D eigenvalue weighted by Gasteiger charge is 2.35. The molecule has 0 spiro atoms. The van der Waals surface area contributed by atoms with Gasteiger partial charge in [-0.05, 0) is 74.2 Å². The van der Waals surface area contributed by atoms with Gasteiger partial charge in [0.15, 0.2) is 9.84 Å². The van der Waals surface area contributed by atoms with Gasteiger partial charge in [0.1, 0.15) is 11.5 Å². The normalized spacial score (nSPS) is 21.6. The van der Waals surface area contributed by atoms with E-state index in [1.807, 2.05) is 48.5 Å². The quantitative estimate of drug-likeness (QED) is 0.618. The maximum atomic E-state index is 13.3. The highest BCUT2D eigenvalue weighted by molar-refractivity contribution is 7.91. The molecule has 2 aliphatic heterocycles. The third kappa shape index (κ3) is 6.10. The van der Waals surface area contributed by atoms with Crippen molar-refractivity contribution in [3.05, 3.63) is 59.7 Å². The zero-order chi connectivity index (χ0) is 24.1. The van der Waals surface area contributed by atoms with Crippen LogP contribution in [0.3, 0.4) is 0 Å². The Kier molecular flexibility index (Phi) is 7.78. The average molecular weight is 487 g/mol. The minimum Gasteiger partial charge on any atom is -0.497 e. The van der Waals surface area contributed by atoms with Crippen molar-refractivity contribution < 1.29 is 22.7 Å². The van der Waals surface area contributed by atoms with Crippen molar-refractivity contribution >= 4 is 15.7 Å². The molecule has 2 aliphatic rings. The van der Waals surface area contributed by atoms with E-state index in [1.165, 1.54) is 0 Å². The predicted octanol–water partition coefficient (Wildman–Crippen LogP) is 3.00. The van der Waals surface area contributed by atoms with Crippen LogP contribution in [0.1, 0.15) is 36.4 Å². The van der Waals surface area contributed by atoms with Gasteiger partial charge < -0.3 is 14.8 Å². The number of hydrogen-bond donors (Lipinski definition) is 1. The van der Waals surface area contributed by atoms with Crippen LogP contribution in [0.15, 0.2) is 48.5 Å². The zero-order valence-electron chi connectivity index (χ0n) is 19.9. The van der Waals surface area contributed by atoms with Crippen molar-refractivity contribution in [1.29, 1.82) is 0 Å². The summed E-state index contributed by atoms with van der Waals surface area (Å²) in [6.07, 6.45) is 2.88. The summed E-state index contributed by atoms with van der Waals surface area (Å²) in [6, 6.07) is 15.7. The van der Waals surface area contributed by atoms with Gasteiger partial charge in [-0.3, -0.25) is 9.69 Å². The summed E-state index contributed by atoms with van der Waals surface area (Å²) in [5, 5.41) is 3.29. The average Bonchev–Trinajstić information content (AvgIpc) is 3.23. The third-order valence-electron chi connectivity index (χ3n) is 7.06. The van der Waals surface area contributed by atoms with Crippen LogP contribution >= 0.6 is 0 Å². The molecule has 0 unspecified atom stereocenters. The van der Waals surface area contributed by atoms with Crippen LogP contribution in [0.4, 0.5) is 0 Å². The molecule has 0 saturated carbocycles. The van der Waals surface area contributed by atoms with Crippen molar-refractivity contribution in [3.8, 4) is 11.5 Å². The summed E-state index contributed by atoms with van der Waals surface area (Å²) < 4.78 is 34.2. The first-order valence-electron chi connectivity index (χ1n) is 11.9. The molecule has 34 heavy (non-hydrogen) atoms. The van der Waals surface area contributed by atoms with Gasteiger partial charge in [-0.25, -0.2) is 8.42 Å². The first kappa shape index (κ1) is 24.5. The molecule has 2 fully saturated rings. The molecular formula is C26H34N2O5S. The van der Waals surface area contributed by atoms with Crippen LogP contribution in [-0.2, 0) is 21.1 Å². The molecule has 184 valence electrons. The van der Waals surface area contributed by atoms with Crippen molar-refractivity contribution in [2.45, 2.75) is 37.8 Å². The number of carbonyl (C=O) groups is 1. The fourth-order valence-corrected chi connectivity index (χ4v) is 6.73. The van der Waals surface area contributed by atoms with Crippen molar-refractivity contribution in [3.63, 3.8) is 0 Å². The molecule has 1 amide bonds. The van der Waals surface area contributed by atoms with E-state index in [-0.39, 0.29) is 35.4 Å². The van der Waals surface area contributed by atoms with Gasteiger partial charge in [-0.15, -0.1) is 0 Å². The van der Waals surface area contributed by atoms with E-state index in [0.717, 1.165) is 48.6 Å². The Morgan fingerprint density at radius 2 is 1.56 bits per heavy atom. The number of nitrogens with one attached hydrogen (secondary N) is 1. The highest BCUT2D eigenvalue weighted by Crippen LogP contribution is 2.27. The first-order chi connectivity index (χ1) is 16.4. The number of carbonyl (C=O) groups excluding carboxylic acids is 1. The number of methoxy groups -OCH3 is 2. The number of benzene rings is 2. The lowest BCUT2D eigenvalue weighted by Crippen LogP contribution is -2.46. The number of hydrogen-bond acceptors (Lipinski definition) is 6. The van der Waals surface area contributed by atoms with Gasteiger partial charge in [0.2, 0.25) is 5.91 Å². The fourth-order valence-electron chi connectivity index (χ4n) is 4.97. The zero-order valence-corrected chi connectivity index (χ0v) is 20.7. The van der Waals surface area contributed by atoms with Crippen molar-refractivity contribution in [2.75, 3.05) is 38.8 Å². The second-order valence-electron chi connectivity index (χ2n) is 9.25. The standard InChI is InChI=1S/C26H34N2O5S/c1-32-23-7-3-19(4-8-23)17-25(20-5-9-24(33-2)10-6-20)27-26(29)21-11-14-28(15-12-21)22-13-16-34(30,31)18-22/h3-10,21-22,25H,11-18H2,1-2H3,(H,27,29)/t22-,25+/m1/s1. The molecule has 2 aromatic carbocycles. The number of likely N-dealkylation sites (tertiary alicyclic amines) is 1. The summed E-state index contributed by atoms with van der Waals surface area (Å²) in [5.74, 6) is 2.12. The maximum absolute atomic E-state index is 13.3. The van der Waals surface area contributed by atoms with Gasteiger partial charge in [-0.2, -0.15) is 0 Å². The maximum Gasteiger partial charge on any atom is 0.223 e. The molecule has 2 aromatic rings. The number of rotatable bonds is 8. The van der Waals surface area contributed by atoms with Crippen LogP contribution in [0.25, 0.3) is 0 Å². The molecule has 4 rings (SSSR count). The smallest absolute Gasteiger partial charge is 0.223 e. The lowest BCUT2D eigenvalue weighted by Gasteiger charge is -2.35. The Morgan fingerprint density at radius 3 is 2.09 bits per heavy atom. The molecule has 0 radical (unpaired) electrons. The Morgan fingerprint density at radius 1 is 0.971 bits per heavy atom. The molecule has 7 nitrogen and oxygen atoms in total. The molecule has 0 bridgehead atoms. The fraction of sp³-hybridized carbons (Fsp3) is 0.500. The number of amides is 1. The lowest BCUT2D eigenvalue weighted by molar-refractivity contribution is -0.127. The van der Waals surface area contributed by atoms with Gasteiger partial charge in [0.05, 0.1) is 31.8 Å². The van der Waals surface area contributed by atoms with Gasteiger partial charge in [0.25, 0.3) is 0 Å². The minimum atomic E-state index is -2.90. The summed E-state index contributed by atoms with van der Waals surface area (Å²) in [7, 11) is 0.385. The number of sulfone groups is 1. The Bertz CT molecular complexity index is 1060. The van der Waals surface area contributed by atoms with Crippen LogP contribution in [0, 0.1) is 5.92 Å². The largest absolute Gasteiger partial charge is 0.497 e. The summed E-state index contributed by atoms with van der Waals surface area (Å²) in [4.78, 5) is 15.5. The summed E-state index contributed by atoms with van der Waals surface area (Å²) >= 11 is 0. The van der Waals surface area contributed by atoms with Crippen LogP contribution < -0.4 is 14.8 Å². The molecule has 1 N–H and O–H groups in total. The number of ether oxygens (including phenoxy) is 2. The molecule has 2 atom stereocenters. The second kappa shape index (κ2) is 10.8. The van der Waals surface area contributed by atoms with Gasteiger partial charge in [-0.1, -0.05) is 24.3 Å². The molecule has 0 aliphatic carbocycles.